The highest BCUT2D eigenvalue weighted by atomic mass is 19.3. The number of nitrogens with zero attached hydrogens (tertiary/aromatic N) is 4. The van der Waals surface area contributed by atoms with Crippen LogP contribution in [-0.4, -0.2) is 41.2 Å². The fourth-order valence-electron chi connectivity index (χ4n) is 3.60. The number of carbonyl (C=O) groups excluding carboxylic acids is 1. The van der Waals surface area contributed by atoms with Gasteiger partial charge in [0.25, 0.3) is 11.8 Å². The van der Waals surface area contributed by atoms with Gasteiger partial charge in [-0.25, -0.2) is 4.98 Å². The molecule has 1 amide bonds. The van der Waals surface area contributed by atoms with E-state index < -0.39 is 22.9 Å². The average molecular weight is 465 g/mol. The van der Waals surface area contributed by atoms with Gasteiger partial charge in [0.2, 0.25) is 5.88 Å². The number of carbonyl (C=O) groups is 1. The lowest BCUT2D eigenvalue weighted by Crippen LogP contribution is -2.45. The monoisotopic (exact) mass is 465 g/mol. The summed E-state index contributed by atoms with van der Waals surface area (Å²) in [5.74, 6) is -3.40. The minimum absolute atomic E-state index is 0.0444. The number of aromatic nitrogens is 3. The zero-order chi connectivity index (χ0) is 24.5. The number of nitrogens with one attached hydrogen (secondary N) is 1. The van der Waals surface area contributed by atoms with Crippen molar-refractivity contribution in [3.8, 4) is 23.1 Å². The molecule has 0 spiro atoms. The summed E-state index contributed by atoms with van der Waals surface area (Å²) in [6.45, 7) is 3.00. The summed E-state index contributed by atoms with van der Waals surface area (Å²) in [4.78, 5) is 25.0. The van der Waals surface area contributed by atoms with Crippen LogP contribution in [0.2, 0.25) is 0 Å². The van der Waals surface area contributed by atoms with Gasteiger partial charge in [-0.2, -0.15) is 14.0 Å². The van der Waals surface area contributed by atoms with E-state index in [2.05, 4.69) is 26.3 Å². The molecule has 0 aliphatic carbocycles. The molecule has 0 bridgehead atoms. The first kappa shape index (κ1) is 23.2. The van der Waals surface area contributed by atoms with Gasteiger partial charge in [0.15, 0.2) is 0 Å². The third kappa shape index (κ3) is 4.30. The van der Waals surface area contributed by atoms with Crippen molar-refractivity contribution in [2.24, 2.45) is 0 Å². The standard InChI is InChI=1S/C24H21F2N5O3/c1-14-18(16-6-19(22(33-3)30-9-16)24(11-27)12-34-13-24)8-17(10-29-14)31-21(32)15-4-5-28-20(7-15)23(2,25)26/h4-10H,12-13H2,1-3H3,(H,31,32). The molecule has 3 aromatic heterocycles. The molecule has 4 heterocycles. The summed E-state index contributed by atoms with van der Waals surface area (Å²) in [5, 5.41) is 12.4. The first-order chi connectivity index (χ1) is 16.2. The third-order valence-electron chi connectivity index (χ3n) is 5.60. The summed E-state index contributed by atoms with van der Waals surface area (Å²) in [6, 6.07) is 8.22. The molecule has 3 aromatic rings. The van der Waals surface area contributed by atoms with Crippen LogP contribution in [-0.2, 0) is 16.1 Å². The van der Waals surface area contributed by atoms with Gasteiger partial charge in [-0.05, 0) is 31.2 Å². The van der Waals surface area contributed by atoms with Crippen LogP contribution in [0.4, 0.5) is 14.5 Å². The zero-order valence-corrected chi connectivity index (χ0v) is 18.7. The summed E-state index contributed by atoms with van der Waals surface area (Å²) in [6.07, 6.45) is 4.24. The van der Waals surface area contributed by atoms with Gasteiger partial charge >= 0.3 is 0 Å². The largest absolute Gasteiger partial charge is 0.481 e. The van der Waals surface area contributed by atoms with Crippen molar-refractivity contribution in [1.82, 2.24) is 15.0 Å². The van der Waals surface area contributed by atoms with E-state index in [1.54, 1.807) is 19.2 Å². The van der Waals surface area contributed by atoms with Crippen LogP contribution in [0, 0.1) is 18.3 Å². The van der Waals surface area contributed by atoms with Crippen LogP contribution in [0.25, 0.3) is 11.1 Å². The molecule has 10 heteroatoms. The Kier molecular flexibility index (Phi) is 5.98. The minimum Gasteiger partial charge on any atom is -0.481 e. The second-order valence-corrected chi connectivity index (χ2v) is 8.10. The molecular formula is C24H21F2N5O3. The normalized spacial score (nSPS) is 14.6. The van der Waals surface area contributed by atoms with Crippen molar-refractivity contribution >= 4 is 11.6 Å². The second kappa shape index (κ2) is 8.76. The maximum atomic E-state index is 13.6. The second-order valence-electron chi connectivity index (χ2n) is 8.10. The maximum Gasteiger partial charge on any atom is 0.286 e. The fourth-order valence-corrected chi connectivity index (χ4v) is 3.60. The number of methoxy groups -OCH3 is 1. The van der Waals surface area contributed by atoms with Gasteiger partial charge in [-0.3, -0.25) is 14.8 Å². The quantitative estimate of drug-likeness (QED) is 0.586. The number of anilines is 1. The number of pyridine rings is 3. The molecule has 1 saturated heterocycles. The molecule has 34 heavy (non-hydrogen) atoms. The van der Waals surface area contributed by atoms with Gasteiger partial charge in [-0.15, -0.1) is 0 Å². The Bertz CT molecular complexity index is 1300. The highest BCUT2D eigenvalue weighted by Gasteiger charge is 2.44. The van der Waals surface area contributed by atoms with Crippen LogP contribution in [0.5, 0.6) is 5.88 Å². The highest BCUT2D eigenvalue weighted by Crippen LogP contribution is 2.39. The lowest BCUT2D eigenvalue weighted by Gasteiger charge is -2.35. The number of alkyl halides is 2. The van der Waals surface area contributed by atoms with Gasteiger partial charge < -0.3 is 14.8 Å². The Hall–Kier alpha value is -3.97. The fraction of sp³-hybridized carbons (Fsp3) is 0.292. The van der Waals surface area contributed by atoms with Crippen LogP contribution >= 0.6 is 0 Å². The van der Waals surface area contributed by atoms with E-state index in [1.807, 2.05) is 6.07 Å². The SMILES string of the molecule is COc1ncc(-c2cc(NC(=O)c3ccnc(C(C)(F)F)c3)cnc2C)cc1C1(C#N)COC1. The summed E-state index contributed by atoms with van der Waals surface area (Å²) in [7, 11) is 1.48. The number of halogens is 2. The molecule has 1 N–H and O–H groups in total. The molecule has 1 aliphatic heterocycles. The first-order valence-corrected chi connectivity index (χ1v) is 10.3. The molecule has 4 rings (SSSR count). The lowest BCUT2D eigenvalue weighted by atomic mass is 9.79. The Morgan fingerprint density at radius 3 is 2.62 bits per heavy atom. The number of hydrogen-bond acceptors (Lipinski definition) is 7. The van der Waals surface area contributed by atoms with Gasteiger partial charge in [0, 0.05) is 47.3 Å². The van der Waals surface area contributed by atoms with E-state index >= 15 is 0 Å². The smallest absolute Gasteiger partial charge is 0.286 e. The van der Waals surface area contributed by atoms with Crippen molar-refractivity contribution < 1.29 is 23.0 Å². The van der Waals surface area contributed by atoms with Gasteiger partial charge in [0.1, 0.15) is 11.1 Å². The number of nitriles is 1. The molecule has 0 unspecified atom stereocenters. The molecular weight excluding hydrogens is 444 g/mol. The van der Waals surface area contributed by atoms with Crippen molar-refractivity contribution in [1.29, 1.82) is 5.26 Å². The zero-order valence-electron chi connectivity index (χ0n) is 18.7. The van der Waals surface area contributed by atoms with Crippen LogP contribution in [0.1, 0.15) is 34.2 Å². The highest BCUT2D eigenvalue weighted by molar-refractivity contribution is 6.04. The molecule has 1 aliphatic rings. The van der Waals surface area contributed by atoms with Crippen LogP contribution < -0.4 is 10.1 Å². The molecule has 0 saturated carbocycles. The third-order valence-corrected chi connectivity index (χ3v) is 5.60. The van der Waals surface area contributed by atoms with Crippen molar-refractivity contribution in [2.75, 3.05) is 25.6 Å². The number of aryl methyl sites for hydroxylation is 1. The van der Waals surface area contributed by atoms with E-state index in [9.17, 15) is 18.8 Å². The van der Waals surface area contributed by atoms with Crippen molar-refractivity contribution in [2.45, 2.75) is 25.2 Å². The minimum atomic E-state index is -3.17. The van der Waals surface area contributed by atoms with Crippen molar-refractivity contribution in [3.05, 3.63) is 65.4 Å². The Morgan fingerprint density at radius 1 is 1.24 bits per heavy atom. The Morgan fingerprint density at radius 2 is 2.00 bits per heavy atom. The Balaban J connectivity index is 1.66. The number of hydrogen-bond donors (Lipinski definition) is 1. The summed E-state index contributed by atoms with van der Waals surface area (Å²) >= 11 is 0. The topological polar surface area (TPSA) is 110 Å². The van der Waals surface area contributed by atoms with Gasteiger partial charge in [-0.1, -0.05) is 0 Å². The van der Waals surface area contributed by atoms with Crippen molar-refractivity contribution in [3.63, 3.8) is 0 Å². The molecule has 0 radical (unpaired) electrons. The average Bonchev–Trinajstić information content (AvgIpc) is 2.79. The maximum absolute atomic E-state index is 13.6. The number of rotatable bonds is 6. The molecule has 0 aromatic carbocycles. The summed E-state index contributed by atoms with van der Waals surface area (Å²) in [5.41, 5.74) is 1.71. The van der Waals surface area contributed by atoms with E-state index in [0.29, 0.717) is 34.0 Å². The van der Waals surface area contributed by atoms with Gasteiger partial charge in [0.05, 0.1) is 38.3 Å². The van der Waals surface area contributed by atoms with E-state index in [4.69, 9.17) is 9.47 Å². The molecule has 1 fully saturated rings. The molecule has 174 valence electrons. The predicted octanol–water partition coefficient (Wildman–Crippen LogP) is 4.01. The Labute approximate surface area is 194 Å². The molecule has 0 atom stereocenters. The number of amides is 1. The number of ether oxygens (including phenoxy) is 2. The summed E-state index contributed by atoms with van der Waals surface area (Å²) < 4.78 is 37.8. The van der Waals surface area contributed by atoms with E-state index in [0.717, 1.165) is 13.0 Å². The lowest BCUT2D eigenvalue weighted by molar-refractivity contribution is -0.0309. The van der Waals surface area contributed by atoms with Crippen LogP contribution in [0.3, 0.4) is 0 Å². The molecule has 8 nitrogen and oxygen atoms in total. The predicted molar refractivity (Wildman–Crippen MR) is 119 cm³/mol. The van der Waals surface area contributed by atoms with E-state index in [1.165, 1.54) is 25.6 Å². The first-order valence-electron chi connectivity index (χ1n) is 10.3. The van der Waals surface area contributed by atoms with Crippen LogP contribution in [0.15, 0.2) is 42.9 Å². The van der Waals surface area contributed by atoms with E-state index in [-0.39, 0.29) is 18.8 Å².